The van der Waals surface area contributed by atoms with Gasteiger partial charge in [-0.2, -0.15) is 5.10 Å². The van der Waals surface area contributed by atoms with E-state index < -0.39 is 0 Å². The molecule has 0 aliphatic heterocycles. The van der Waals surface area contributed by atoms with Gasteiger partial charge in [-0.25, -0.2) is 0 Å². The minimum absolute atomic E-state index is 0.0980. The van der Waals surface area contributed by atoms with Crippen molar-refractivity contribution < 1.29 is 4.79 Å². The molecule has 0 aliphatic carbocycles. The second-order valence-electron chi connectivity index (χ2n) is 4.57. The molecule has 0 unspecified atom stereocenters. The third-order valence-electron chi connectivity index (χ3n) is 2.88. The third kappa shape index (κ3) is 2.42. The molecule has 0 saturated carbocycles. The van der Waals surface area contributed by atoms with Crippen LogP contribution in [0.3, 0.4) is 0 Å². The minimum Gasteiger partial charge on any atom is -0.307 e. The number of hydrogen-bond donors (Lipinski definition) is 1. The molecule has 0 fully saturated rings. The van der Waals surface area contributed by atoms with Crippen molar-refractivity contribution in [3.05, 3.63) is 46.6 Å². The summed E-state index contributed by atoms with van der Waals surface area (Å²) in [6, 6.07) is 7.70. The SMILES string of the molecule is Cc1ccc(C)c(C(=O)Nc2cc(C)nn2C)c1. The molecule has 4 nitrogen and oxygen atoms in total. The quantitative estimate of drug-likeness (QED) is 0.881. The predicted octanol–water partition coefficient (Wildman–Crippen LogP) is 2.60. The molecule has 18 heavy (non-hydrogen) atoms. The lowest BCUT2D eigenvalue weighted by Gasteiger charge is -2.08. The standard InChI is InChI=1S/C14H17N3O/c1-9-5-6-10(2)12(7-9)14(18)15-13-8-11(3)16-17(13)4/h5-8H,1-4H3,(H,15,18). The van der Waals surface area contributed by atoms with Gasteiger partial charge in [-0.3, -0.25) is 9.48 Å². The first-order chi connectivity index (χ1) is 8.47. The molecular formula is C14H17N3O. The van der Waals surface area contributed by atoms with Gasteiger partial charge in [0, 0.05) is 18.7 Å². The first kappa shape index (κ1) is 12.4. The summed E-state index contributed by atoms with van der Waals surface area (Å²) in [5.41, 5.74) is 3.63. The topological polar surface area (TPSA) is 46.9 Å². The highest BCUT2D eigenvalue weighted by molar-refractivity contribution is 6.05. The minimum atomic E-state index is -0.0980. The Balaban J connectivity index is 2.27. The van der Waals surface area contributed by atoms with Crippen molar-refractivity contribution in [2.24, 2.45) is 7.05 Å². The maximum Gasteiger partial charge on any atom is 0.257 e. The van der Waals surface area contributed by atoms with E-state index in [2.05, 4.69) is 10.4 Å². The van der Waals surface area contributed by atoms with Crippen LogP contribution in [0.1, 0.15) is 27.2 Å². The van der Waals surface area contributed by atoms with Gasteiger partial charge in [0.25, 0.3) is 5.91 Å². The Hall–Kier alpha value is -2.10. The molecule has 94 valence electrons. The Morgan fingerprint density at radius 2 is 1.94 bits per heavy atom. The number of aromatic nitrogens is 2. The zero-order chi connectivity index (χ0) is 13.3. The zero-order valence-electron chi connectivity index (χ0n) is 11.1. The first-order valence-corrected chi connectivity index (χ1v) is 5.86. The third-order valence-corrected chi connectivity index (χ3v) is 2.88. The van der Waals surface area contributed by atoms with Crippen molar-refractivity contribution >= 4 is 11.7 Å². The highest BCUT2D eigenvalue weighted by atomic mass is 16.1. The molecule has 0 atom stereocenters. The number of aryl methyl sites for hydroxylation is 4. The molecule has 2 rings (SSSR count). The average Bonchev–Trinajstić information content (AvgIpc) is 2.61. The van der Waals surface area contributed by atoms with E-state index in [1.54, 1.807) is 4.68 Å². The van der Waals surface area contributed by atoms with Crippen LogP contribution in [0.5, 0.6) is 0 Å². The van der Waals surface area contributed by atoms with Crippen LogP contribution < -0.4 is 5.32 Å². The Kier molecular flexibility index (Phi) is 3.19. The molecular weight excluding hydrogens is 226 g/mol. The van der Waals surface area contributed by atoms with E-state index >= 15 is 0 Å². The zero-order valence-corrected chi connectivity index (χ0v) is 11.1. The Labute approximate surface area is 107 Å². The van der Waals surface area contributed by atoms with Crippen molar-refractivity contribution in [2.75, 3.05) is 5.32 Å². The van der Waals surface area contributed by atoms with Crippen molar-refractivity contribution in [2.45, 2.75) is 20.8 Å². The molecule has 1 N–H and O–H groups in total. The number of hydrogen-bond acceptors (Lipinski definition) is 2. The second kappa shape index (κ2) is 4.64. The van der Waals surface area contributed by atoms with Crippen LogP contribution in [-0.2, 0) is 7.05 Å². The number of rotatable bonds is 2. The number of nitrogens with zero attached hydrogens (tertiary/aromatic N) is 2. The summed E-state index contributed by atoms with van der Waals surface area (Å²) < 4.78 is 1.67. The van der Waals surface area contributed by atoms with Crippen molar-refractivity contribution in [1.29, 1.82) is 0 Å². The number of carbonyl (C=O) groups is 1. The highest BCUT2D eigenvalue weighted by Gasteiger charge is 2.11. The molecule has 1 amide bonds. The van der Waals surface area contributed by atoms with Crippen molar-refractivity contribution in [3.8, 4) is 0 Å². The van der Waals surface area contributed by atoms with Gasteiger partial charge in [-0.1, -0.05) is 17.7 Å². The summed E-state index contributed by atoms with van der Waals surface area (Å²) >= 11 is 0. The average molecular weight is 243 g/mol. The van der Waals surface area contributed by atoms with Crippen LogP contribution in [0.15, 0.2) is 24.3 Å². The molecule has 0 bridgehead atoms. The Bertz CT molecular complexity index is 599. The first-order valence-electron chi connectivity index (χ1n) is 5.86. The van der Waals surface area contributed by atoms with Crippen LogP contribution in [0.2, 0.25) is 0 Å². The molecule has 4 heteroatoms. The summed E-state index contributed by atoms with van der Waals surface area (Å²) in [6.45, 7) is 5.81. The van der Waals surface area contributed by atoms with Gasteiger partial charge in [0.15, 0.2) is 0 Å². The van der Waals surface area contributed by atoms with E-state index in [9.17, 15) is 4.79 Å². The predicted molar refractivity (Wildman–Crippen MR) is 71.8 cm³/mol. The normalized spacial score (nSPS) is 10.4. The van der Waals surface area contributed by atoms with Crippen LogP contribution in [0.25, 0.3) is 0 Å². The number of amides is 1. The lowest BCUT2D eigenvalue weighted by molar-refractivity contribution is 0.102. The summed E-state index contributed by atoms with van der Waals surface area (Å²) in [6.07, 6.45) is 0. The van der Waals surface area contributed by atoms with E-state index in [1.165, 1.54) is 0 Å². The van der Waals surface area contributed by atoms with E-state index in [0.29, 0.717) is 11.4 Å². The molecule has 2 aromatic rings. The monoisotopic (exact) mass is 243 g/mol. The fraction of sp³-hybridized carbons (Fsp3) is 0.286. The summed E-state index contributed by atoms with van der Waals surface area (Å²) in [5, 5.41) is 7.08. The van der Waals surface area contributed by atoms with E-state index in [1.807, 2.05) is 52.1 Å². The number of carbonyl (C=O) groups excluding carboxylic acids is 1. The maximum absolute atomic E-state index is 12.2. The van der Waals surface area contributed by atoms with Gasteiger partial charge in [-0.15, -0.1) is 0 Å². The van der Waals surface area contributed by atoms with E-state index in [0.717, 1.165) is 16.8 Å². The Morgan fingerprint density at radius 1 is 1.22 bits per heavy atom. The lowest BCUT2D eigenvalue weighted by Crippen LogP contribution is -2.15. The summed E-state index contributed by atoms with van der Waals surface area (Å²) in [7, 11) is 1.81. The van der Waals surface area contributed by atoms with Gasteiger partial charge in [0.2, 0.25) is 0 Å². The van der Waals surface area contributed by atoms with Crippen molar-refractivity contribution in [3.63, 3.8) is 0 Å². The van der Waals surface area contributed by atoms with Crippen molar-refractivity contribution in [1.82, 2.24) is 9.78 Å². The number of nitrogens with one attached hydrogen (secondary N) is 1. The second-order valence-corrected chi connectivity index (χ2v) is 4.57. The molecule has 0 saturated heterocycles. The summed E-state index contributed by atoms with van der Waals surface area (Å²) in [5.74, 6) is 0.609. The lowest BCUT2D eigenvalue weighted by atomic mass is 10.1. The Morgan fingerprint density at radius 3 is 2.56 bits per heavy atom. The molecule has 1 heterocycles. The van der Waals surface area contributed by atoms with Gasteiger partial charge < -0.3 is 5.32 Å². The number of benzene rings is 1. The van der Waals surface area contributed by atoms with E-state index in [-0.39, 0.29) is 5.91 Å². The molecule has 1 aromatic carbocycles. The van der Waals surface area contributed by atoms with Crippen LogP contribution in [-0.4, -0.2) is 15.7 Å². The maximum atomic E-state index is 12.2. The van der Waals surface area contributed by atoms with Gasteiger partial charge >= 0.3 is 0 Å². The molecule has 0 spiro atoms. The van der Waals surface area contributed by atoms with Gasteiger partial charge in [0.1, 0.15) is 5.82 Å². The van der Waals surface area contributed by atoms with Crippen LogP contribution in [0.4, 0.5) is 5.82 Å². The molecule has 0 aliphatic rings. The highest BCUT2D eigenvalue weighted by Crippen LogP contribution is 2.14. The van der Waals surface area contributed by atoms with Gasteiger partial charge in [-0.05, 0) is 32.4 Å². The van der Waals surface area contributed by atoms with Crippen LogP contribution >= 0.6 is 0 Å². The molecule has 0 radical (unpaired) electrons. The number of anilines is 1. The van der Waals surface area contributed by atoms with Crippen LogP contribution in [0, 0.1) is 20.8 Å². The molecule has 1 aromatic heterocycles. The smallest absolute Gasteiger partial charge is 0.257 e. The largest absolute Gasteiger partial charge is 0.307 e. The fourth-order valence-corrected chi connectivity index (χ4v) is 1.89. The van der Waals surface area contributed by atoms with E-state index in [4.69, 9.17) is 0 Å². The van der Waals surface area contributed by atoms with Gasteiger partial charge in [0.05, 0.1) is 5.69 Å². The summed E-state index contributed by atoms with van der Waals surface area (Å²) in [4.78, 5) is 12.2. The fourth-order valence-electron chi connectivity index (χ4n) is 1.89.